The maximum atomic E-state index is 12.4. The van der Waals surface area contributed by atoms with E-state index in [1.807, 2.05) is 12.1 Å². The van der Waals surface area contributed by atoms with E-state index in [0.29, 0.717) is 11.4 Å². The first-order valence-corrected chi connectivity index (χ1v) is 11.7. The highest BCUT2D eigenvalue weighted by atomic mass is 32.2. The van der Waals surface area contributed by atoms with Gasteiger partial charge in [-0.1, -0.05) is 53.7 Å². The van der Waals surface area contributed by atoms with Gasteiger partial charge >= 0.3 is 0 Å². The van der Waals surface area contributed by atoms with E-state index in [2.05, 4.69) is 52.9 Å². The largest absolute Gasteiger partial charge is 0.483 e. The quantitative estimate of drug-likeness (QED) is 0.706. The van der Waals surface area contributed by atoms with Gasteiger partial charge in [-0.05, 0) is 52.3 Å². The highest BCUT2D eigenvalue weighted by Crippen LogP contribution is 2.35. The third kappa shape index (κ3) is 6.31. The summed E-state index contributed by atoms with van der Waals surface area (Å²) in [5.41, 5.74) is 2.64. The molecule has 2 aromatic carbocycles. The van der Waals surface area contributed by atoms with Crippen LogP contribution in [0, 0.1) is 0 Å². The van der Waals surface area contributed by atoms with Crippen LogP contribution in [0.5, 0.6) is 5.75 Å². The lowest BCUT2D eigenvalue weighted by Crippen LogP contribution is -2.23. The van der Waals surface area contributed by atoms with Gasteiger partial charge < -0.3 is 10.1 Å². The molecule has 1 amide bonds. The Hall–Kier alpha value is -2.38. The molecule has 2 aromatic rings. The van der Waals surface area contributed by atoms with Crippen molar-refractivity contribution in [3.8, 4) is 5.75 Å². The lowest BCUT2D eigenvalue weighted by Gasteiger charge is -2.27. The molecule has 0 aliphatic rings. The first-order valence-electron chi connectivity index (χ1n) is 10.2. The number of nitrogens with one attached hydrogen (secondary N) is 1. The van der Waals surface area contributed by atoms with Crippen LogP contribution >= 0.6 is 0 Å². The molecule has 0 saturated carbocycles. The maximum absolute atomic E-state index is 12.4. The molecular weight excluding hydrogens is 412 g/mol. The van der Waals surface area contributed by atoms with Crippen molar-refractivity contribution < 1.29 is 17.9 Å². The molecule has 0 unspecified atom stereocenters. The molecule has 170 valence electrons. The van der Waals surface area contributed by atoms with Crippen LogP contribution < -0.4 is 10.1 Å². The second-order valence-electron chi connectivity index (χ2n) is 9.86. The smallest absolute Gasteiger partial charge is 0.262 e. The lowest BCUT2D eigenvalue weighted by molar-refractivity contribution is -0.118. The fraction of sp³-hybridized carbons (Fsp3) is 0.458. The van der Waals surface area contributed by atoms with E-state index in [-0.39, 0.29) is 28.2 Å². The van der Waals surface area contributed by atoms with Crippen molar-refractivity contribution in [1.29, 1.82) is 0 Å². The fourth-order valence-electron chi connectivity index (χ4n) is 2.97. The first-order chi connectivity index (χ1) is 14.1. The summed E-state index contributed by atoms with van der Waals surface area (Å²) in [5, 5.41) is 2.74. The molecule has 0 aliphatic heterocycles. The van der Waals surface area contributed by atoms with E-state index in [1.54, 1.807) is 12.1 Å². The van der Waals surface area contributed by atoms with Crippen molar-refractivity contribution in [3.63, 3.8) is 0 Å². The number of hydrogen-bond acceptors (Lipinski definition) is 4. The van der Waals surface area contributed by atoms with Gasteiger partial charge in [0.2, 0.25) is 10.0 Å². The Morgan fingerprint density at radius 1 is 0.935 bits per heavy atom. The molecule has 0 atom stereocenters. The van der Waals surface area contributed by atoms with Gasteiger partial charge in [0.25, 0.3) is 5.91 Å². The molecule has 0 saturated heterocycles. The van der Waals surface area contributed by atoms with Crippen LogP contribution in [-0.2, 0) is 25.6 Å². The normalized spacial score (nSPS) is 12.7. The molecule has 0 radical (unpaired) electrons. The average Bonchev–Trinajstić information content (AvgIpc) is 2.65. The van der Waals surface area contributed by atoms with Crippen molar-refractivity contribution in [2.24, 2.45) is 0 Å². The summed E-state index contributed by atoms with van der Waals surface area (Å²) in [6, 6.07) is 12.2. The first kappa shape index (κ1) is 24.9. The number of carbonyl (C=O) groups is 1. The molecule has 31 heavy (non-hydrogen) atoms. The molecule has 0 aromatic heterocycles. The number of hydrogen-bond donors (Lipinski definition) is 1. The zero-order valence-electron chi connectivity index (χ0n) is 19.7. The number of sulfonamides is 1. The minimum Gasteiger partial charge on any atom is -0.483 e. The highest BCUT2D eigenvalue weighted by Gasteiger charge is 2.23. The van der Waals surface area contributed by atoms with E-state index in [4.69, 9.17) is 4.74 Å². The predicted molar refractivity (Wildman–Crippen MR) is 125 cm³/mol. The van der Waals surface area contributed by atoms with Crippen molar-refractivity contribution in [1.82, 2.24) is 4.31 Å². The van der Waals surface area contributed by atoms with E-state index >= 15 is 0 Å². The molecule has 2 rings (SSSR count). The van der Waals surface area contributed by atoms with Crippen LogP contribution in [0.1, 0.15) is 52.7 Å². The number of ether oxygens (including phenoxy) is 1. The molecule has 0 aliphatic carbocycles. The topological polar surface area (TPSA) is 75.7 Å². The zero-order valence-corrected chi connectivity index (χ0v) is 20.6. The second-order valence-corrected chi connectivity index (χ2v) is 12.0. The van der Waals surface area contributed by atoms with Crippen molar-refractivity contribution >= 4 is 21.6 Å². The summed E-state index contributed by atoms with van der Waals surface area (Å²) in [7, 11) is -0.557. The monoisotopic (exact) mass is 446 g/mol. The van der Waals surface area contributed by atoms with Crippen molar-refractivity contribution in [3.05, 3.63) is 53.6 Å². The Morgan fingerprint density at radius 2 is 1.52 bits per heavy atom. The van der Waals surface area contributed by atoms with Gasteiger partial charge in [-0.15, -0.1) is 0 Å². The van der Waals surface area contributed by atoms with Gasteiger partial charge in [-0.2, -0.15) is 0 Å². The summed E-state index contributed by atoms with van der Waals surface area (Å²) in [6.07, 6.45) is 0. The van der Waals surface area contributed by atoms with Gasteiger partial charge in [-0.3, -0.25) is 4.79 Å². The second kappa shape index (κ2) is 9.01. The van der Waals surface area contributed by atoms with Crippen LogP contribution in [0.25, 0.3) is 0 Å². The maximum Gasteiger partial charge on any atom is 0.262 e. The van der Waals surface area contributed by atoms with Crippen LogP contribution in [0.4, 0.5) is 5.69 Å². The third-order valence-corrected chi connectivity index (χ3v) is 6.76. The van der Waals surface area contributed by atoms with Crippen molar-refractivity contribution in [2.75, 3.05) is 26.0 Å². The third-order valence-electron chi connectivity index (χ3n) is 4.93. The molecule has 6 nitrogen and oxygen atoms in total. The fourth-order valence-corrected chi connectivity index (χ4v) is 3.87. The molecule has 7 heteroatoms. The number of anilines is 1. The number of benzene rings is 2. The number of nitrogens with zero attached hydrogens (tertiary/aromatic N) is 1. The summed E-state index contributed by atoms with van der Waals surface area (Å²) in [6.45, 7) is 12.7. The van der Waals surface area contributed by atoms with Gasteiger partial charge in [0.1, 0.15) is 5.75 Å². The minimum atomic E-state index is -3.51. The molecule has 0 bridgehead atoms. The van der Waals surface area contributed by atoms with Gasteiger partial charge in [0, 0.05) is 19.8 Å². The summed E-state index contributed by atoms with van der Waals surface area (Å²) in [4.78, 5) is 12.6. The SMILES string of the molecule is CN(C)S(=O)(=O)c1ccc(NC(=O)COc2ccc(C(C)(C)C)cc2C(C)(C)C)cc1. The molecule has 0 spiro atoms. The van der Waals surface area contributed by atoms with E-state index in [0.717, 1.165) is 9.87 Å². The lowest BCUT2D eigenvalue weighted by atomic mass is 9.80. The molecule has 0 heterocycles. The summed E-state index contributed by atoms with van der Waals surface area (Å²) >= 11 is 0. The number of rotatable bonds is 6. The van der Waals surface area contributed by atoms with E-state index in [9.17, 15) is 13.2 Å². The van der Waals surface area contributed by atoms with Crippen LogP contribution in [0.15, 0.2) is 47.4 Å². The number of carbonyl (C=O) groups excluding carboxylic acids is 1. The summed E-state index contributed by atoms with van der Waals surface area (Å²) in [5.74, 6) is 0.367. The highest BCUT2D eigenvalue weighted by molar-refractivity contribution is 7.89. The Bertz CT molecular complexity index is 1030. The summed E-state index contributed by atoms with van der Waals surface area (Å²) < 4.78 is 31.3. The average molecular weight is 447 g/mol. The molecular formula is C24H34N2O4S. The molecule has 0 fully saturated rings. The van der Waals surface area contributed by atoms with Crippen molar-refractivity contribution in [2.45, 2.75) is 57.3 Å². The zero-order chi connectivity index (χ0) is 23.6. The van der Waals surface area contributed by atoms with Gasteiger partial charge in [-0.25, -0.2) is 12.7 Å². The Kier molecular flexibility index (Phi) is 7.23. The van der Waals surface area contributed by atoms with Gasteiger partial charge in [0.15, 0.2) is 6.61 Å². The van der Waals surface area contributed by atoms with Crippen LogP contribution in [-0.4, -0.2) is 39.3 Å². The minimum absolute atomic E-state index is 0.0160. The Balaban J connectivity index is 2.11. The van der Waals surface area contributed by atoms with Crippen LogP contribution in [0.3, 0.4) is 0 Å². The Labute approximate surface area is 186 Å². The Morgan fingerprint density at radius 3 is 2.00 bits per heavy atom. The van der Waals surface area contributed by atoms with Gasteiger partial charge in [0.05, 0.1) is 4.90 Å². The number of amides is 1. The standard InChI is InChI=1S/C24H34N2O4S/c1-23(2,3)17-9-14-21(20(15-17)24(4,5)6)30-16-22(27)25-18-10-12-19(13-11-18)31(28,29)26(7)8/h9-15H,16H2,1-8H3,(H,25,27). The van der Waals surface area contributed by atoms with E-state index in [1.165, 1.54) is 31.8 Å². The predicted octanol–water partition coefficient (Wildman–Crippen LogP) is 4.55. The van der Waals surface area contributed by atoms with Crippen LogP contribution in [0.2, 0.25) is 0 Å². The molecule has 1 N–H and O–H groups in total. The van der Waals surface area contributed by atoms with E-state index < -0.39 is 10.0 Å².